The van der Waals surface area contributed by atoms with Gasteiger partial charge in [-0.3, -0.25) is 10.2 Å². The molecule has 0 fully saturated rings. The molecule has 13 heavy (non-hydrogen) atoms. The third-order valence-corrected chi connectivity index (χ3v) is 1.72. The summed E-state index contributed by atoms with van der Waals surface area (Å²) in [5, 5.41) is 4.26. The number of nitrogens with two attached hydrogens (primary N) is 1. The van der Waals surface area contributed by atoms with Crippen LogP contribution in [0.4, 0.5) is 0 Å². The second-order valence-electron chi connectivity index (χ2n) is 2.50. The molecule has 1 amide bonds. The molecule has 5 nitrogen and oxygen atoms in total. The van der Waals surface area contributed by atoms with E-state index in [9.17, 15) is 4.79 Å². The van der Waals surface area contributed by atoms with E-state index in [0.29, 0.717) is 11.0 Å². The topological polar surface area (TPSA) is 81.1 Å². The Kier molecular flexibility index (Phi) is 1.71. The van der Waals surface area contributed by atoms with E-state index in [4.69, 9.17) is 10.4 Å². The first-order chi connectivity index (χ1) is 6.33. The van der Waals surface area contributed by atoms with E-state index >= 15 is 0 Å². The van der Waals surface area contributed by atoms with Gasteiger partial charge >= 0.3 is 0 Å². The van der Waals surface area contributed by atoms with E-state index in [0.717, 1.165) is 0 Å². The van der Waals surface area contributed by atoms with Crippen LogP contribution in [-0.2, 0) is 0 Å². The highest BCUT2D eigenvalue weighted by atomic mass is 16.5. The molecule has 3 N–H and O–H groups in total. The standard InChI is InChI=1S/C8H7N3O2/c9-10-8(12)7-5-3-1-2-4-6(5)13-11-7/h1-4H,9H2,(H,10,12). The van der Waals surface area contributed by atoms with Crippen molar-refractivity contribution in [3.05, 3.63) is 30.0 Å². The maximum atomic E-state index is 11.1. The fourth-order valence-electron chi connectivity index (χ4n) is 1.12. The van der Waals surface area contributed by atoms with Crippen LogP contribution in [0.2, 0.25) is 0 Å². The Morgan fingerprint density at radius 1 is 1.46 bits per heavy atom. The quantitative estimate of drug-likeness (QED) is 0.376. The van der Waals surface area contributed by atoms with Gasteiger partial charge in [0.15, 0.2) is 11.3 Å². The van der Waals surface area contributed by atoms with E-state index in [1.165, 1.54) is 0 Å². The van der Waals surface area contributed by atoms with Gasteiger partial charge in [-0.05, 0) is 12.1 Å². The third-order valence-electron chi connectivity index (χ3n) is 1.72. The van der Waals surface area contributed by atoms with Gasteiger partial charge in [0, 0.05) is 0 Å². The molecular formula is C8H7N3O2. The third kappa shape index (κ3) is 1.15. The molecule has 0 spiro atoms. The molecule has 0 bridgehead atoms. The lowest BCUT2D eigenvalue weighted by molar-refractivity contribution is 0.0946. The van der Waals surface area contributed by atoms with Crippen LogP contribution < -0.4 is 11.3 Å². The number of hydrogen-bond donors (Lipinski definition) is 2. The fraction of sp³-hybridized carbons (Fsp3) is 0. The second kappa shape index (κ2) is 2.87. The van der Waals surface area contributed by atoms with Gasteiger partial charge in [-0.15, -0.1) is 0 Å². The van der Waals surface area contributed by atoms with Crippen molar-refractivity contribution in [1.82, 2.24) is 10.6 Å². The van der Waals surface area contributed by atoms with Crippen molar-refractivity contribution in [3.8, 4) is 0 Å². The largest absolute Gasteiger partial charge is 0.355 e. The summed E-state index contributed by atoms with van der Waals surface area (Å²) in [4.78, 5) is 11.1. The van der Waals surface area contributed by atoms with Crippen molar-refractivity contribution < 1.29 is 9.32 Å². The summed E-state index contributed by atoms with van der Waals surface area (Å²) in [6, 6.07) is 7.08. The van der Waals surface area contributed by atoms with Gasteiger partial charge in [-0.2, -0.15) is 0 Å². The molecule has 0 saturated heterocycles. The van der Waals surface area contributed by atoms with E-state index in [1.54, 1.807) is 24.3 Å². The molecular weight excluding hydrogens is 170 g/mol. The van der Waals surface area contributed by atoms with Gasteiger partial charge < -0.3 is 4.52 Å². The van der Waals surface area contributed by atoms with Crippen LogP contribution in [0.25, 0.3) is 11.0 Å². The number of fused-ring (bicyclic) bond motifs is 1. The number of hydrazine groups is 1. The lowest BCUT2D eigenvalue weighted by atomic mass is 10.2. The Bertz CT molecular complexity index is 449. The lowest BCUT2D eigenvalue weighted by Crippen LogP contribution is -2.30. The molecule has 1 aromatic carbocycles. The summed E-state index contributed by atoms with van der Waals surface area (Å²) in [6.07, 6.45) is 0. The van der Waals surface area contributed by atoms with Crippen molar-refractivity contribution in [2.24, 2.45) is 5.84 Å². The average molecular weight is 177 g/mol. The predicted octanol–water partition coefficient (Wildman–Crippen LogP) is 0.431. The zero-order valence-corrected chi connectivity index (χ0v) is 6.65. The van der Waals surface area contributed by atoms with E-state index in [2.05, 4.69) is 5.16 Å². The van der Waals surface area contributed by atoms with Gasteiger partial charge in [0.25, 0.3) is 5.91 Å². The molecule has 2 rings (SSSR count). The van der Waals surface area contributed by atoms with Crippen LogP contribution in [0.1, 0.15) is 10.5 Å². The minimum Gasteiger partial charge on any atom is -0.355 e. The Morgan fingerprint density at radius 3 is 3.00 bits per heavy atom. The molecule has 1 aromatic heterocycles. The van der Waals surface area contributed by atoms with Gasteiger partial charge in [-0.25, -0.2) is 5.84 Å². The highest BCUT2D eigenvalue weighted by Crippen LogP contribution is 2.16. The maximum Gasteiger partial charge on any atom is 0.287 e. The van der Waals surface area contributed by atoms with Gasteiger partial charge in [0.05, 0.1) is 5.39 Å². The second-order valence-corrected chi connectivity index (χ2v) is 2.50. The number of rotatable bonds is 1. The number of carbonyl (C=O) groups excluding carboxylic acids is 1. The van der Waals surface area contributed by atoms with Crippen molar-refractivity contribution in [1.29, 1.82) is 0 Å². The molecule has 0 radical (unpaired) electrons. The van der Waals surface area contributed by atoms with Gasteiger partial charge in [0.2, 0.25) is 0 Å². The van der Waals surface area contributed by atoms with Crippen LogP contribution in [0.3, 0.4) is 0 Å². The molecule has 0 aliphatic heterocycles. The number of aromatic nitrogens is 1. The van der Waals surface area contributed by atoms with Gasteiger partial charge in [-0.1, -0.05) is 17.3 Å². The Hall–Kier alpha value is -1.88. The van der Waals surface area contributed by atoms with Gasteiger partial charge in [0.1, 0.15) is 0 Å². The number of benzene rings is 1. The molecule has 0 aliphatic rings. The van der Waals surface area contributed by atoms with Crippen LogP contribution in [0.15, 0.2) is 28.8 Å². The highest BCUT2D eigenvalue weighted by Gasteiger charge is 2.13. The fourth-order valence-corrected chi connectivity index (χ4v) is 1.12. The molecule has 0 unspecified atom stereocenters. The summed E-state index contributed by atoms with van der Waals surface area (Å²) >= 11 is 0. The summed E-state index contributed by atoms with van der Waals surface area (Å²) in [5.74, 6) is 4.52. The number of para-hydroxylation sites is 1. The predicted molar refractivity (Wildman–Crippen MR) is 45.7 cm³/mol. The first kappa shape index (κ1) is 7.75. The minimum absolute atomic E-state index is 0.207. The van der Waals surface area contributed by atoms with Crippen molar-refractivity contribution >= 4 is 16.9 Å². The normalized spacial score (nSPS) is 10.2. The molecule has 66 valence electrons. The van der Waals surface area contributed by atoms with E-state index < -0.39 is 5.91 Å². The van der Waals surface area contributed by atoms with Crippen LogP contribution >= 0.6 is 0 Å². The van der Waals surface area contributed by atoms with Crippen molar-refractivity contribution in [3.63, 3.8) is 0 Å². The monoisotopic (exact) mass is 177 g/mol. The van der Waals surface area contributed by atoms with Crippen LogP contribution in [0.5, 0.6) is 0 Å². The first-order valence-electron chi connectivity index (χ1n) is 3.68. The first-order valence-corrected chi connectivity index (χ1v) is 3.68. The number of nitrogen functional groups attached to an aromatic ring is 1. The van der Waals surface area contributed by atoms with Crippen molar-refractivity contribution in [2.75, 3.05) is 0 Å². The Labute approximate surface area is 73.5 Å². The average Bonchev–Trinajstić information content (AvgIpc) is 2.60. The lowest BCUT2D eigenvalue weighted by Gasteiger charge is -1.92. The highest BCUT2D eigenvalue weighted by molar-refractivity contribution is 6.03. The zero-order valence-electron chi connectivity index (χ0n) is 6.65. The SMILES string of the molecule is NNC(=O)c1noc2ccccc12. The summed E-state index contributed by atoms with van der Waals surface area (Å²) in [7, 11) is 0. The molecule has 0 aliphatic carbocycles. The number of hydrogen-bond acceptors (Lipinski definition) is 4. The summed E-state index contributed by atoms with van der Waals surface area (Å²) in [6.45, 7) is 0. The summed E-state index contributed by atoms with van der Waals surface area (Å²) in [5.41, 5.74) is 2.78. The molecule has 0 atom stereocenters. The minimum atomic E-state index is -0.454. The van der Waals surface area contributed by atoms with E-state index in [1.807, 2.05) is 5.43 Å². The Morgan fingerprint density at radius 2 is 2.23 bits per heavy atom. The van der Waals surface area contributed by atoms with Crippen LogP contribution in [-0.4, -0.2) is 11.1 Å². The Balaban J connectivity index is 2.64. The molecule has 1 heterocycles. The smallest absolute Gasteiger partial charge is 0.287 e. The summed E-state index contributed by atoms with van der Waals surface area (Å²) < 4.78 is 4.91. The molecule has 0 saturated carbocycles. The number of carbonyl (C=O) groups is 1. The van der Waals surface area contributed by atoms with E-state index in [-0.39, 0.29) is 5.69 Å². The molecule has 2 aromatic rings. The number of nitrogens with one attached hydrogen (secondary N) is 1. The zero-order chi connectivity index (χ0) is 9.26. The number of amides is 1. The van der Waals surface area contributed by atoms with Crippen molar-refractivity contribution in [2.45, 2.75) is 0 Å². The number of nitrogens with zero attached hydrogens (tertiary/aromatic N) is 1. The maximum absolute atomic E-state index is 11.1. The molecule has 5 heteroatoms. The van der Waals surface area contributed by atoms with Crippen LogP contribution in [0, 0.1) is 0 Å².